The fraction of sp³-hybridized carbons (Fsp3) is 0.375. The van der Waals surface area contributed by atoms with E-state index in [1.807, 2.05) is 39.0 Å². The van der Waals surface area contributed by atoms with E-state index in [1.165, 1.54) is 0 Å². The molecule has 0 spiro atoms. The van der Waals surface area contributed by atoms with Crippen LogP contribution in [0.5, 0.6) is 0 Å². The minimum absolute atomic E-state index is 0.105. The van der Waals surface area contributed by atoms with Crippen molar-refractivity contribution in [3.05, 3.63) is 69.8 Å². The molecular weight excluding hydrogens is 394 g/mol. The Morgan fingerprint density at radius 3 is 2.23 bits per heavy atom. The molecule has 2 aliphatic carbocycles. The molecule has 2 atom stereocenters. The molecule has 30 heavy (non-hydrogen) atoms. The fourth-order valence-electron chi connectivity index (χ4n) is 3.78. The molecule has 154 valence electrons. The summed E-state index contributed by atoms with van der Waals surface area (Å²) < 4.78 is 15.0. The van der Waals surface area contributed by atoms with Gasteiger partial charge in [0.05, 0.1) is 39.0 Å². The second kappa shape index (κ2) is 8.92. The first-order chi connectivity index (χ1) is 14.3. The molecule has 1 N–H and O–H groups in total. The maximum atomic E-state index is 12.1. The molecule has 0 radical (unpaired) electrons. The van der Waals surface area contributed by atoms with Gasteiger partial charge in [0, 0.05) is 18.0 Å². The van der Waals surface area contributed by atoms with Crippen molar-refractivity contribution >= 4 is 16.8 Å². The lowest BCUT2D eigenvalue weighted by molar-refractivity contribution is 0.0994. The van der Waals surface area contributed by atoms with Gasteiger partial charge in [0.25, 0.3) is 0 Å². The molecule has 0 saturated carbocycles. The Morgan fingerprint density at radius 1 is 0.967 bits per heavy atom. The van der Waals surface area contributed by atoms with Crippen LogP contribution in [0.2, 0.25) is 0 Å². The quantitative estimate of drug-likeness (QED) is 0.786. The molecule has 2 aromatic rings. The fourth-order valence-corrected chi connectivity index (χ4v) is 4.64. The Labute approximate surface area is 180 Å². The Hall–Kier alpha value is -2.80. The molecule has 2 aliphatic rings. The average Bonchev–Trinajstić information content (AvgIpc) is 3.31. The number of rotatable bonds is 2. The van der Waals surface area contributed by atoms with Crippen LogP contribution >= 0.6 is 0 Å². The first kappa shape index (κ1) is 21.9. The summed E-state index contributed by atoms with van der Waals surface area (Å²) in [5.41, 5.74) is 5.32. The van der Waals surface area contributed by atoms with Gasteiger partial charge in [0.2, 0.25) is 0 Å². The molecule has 0 aromatic heterocycles. The van der Waals surface area contributed by atoms with Crippen LogP contribution in [0.1, 0.15) is 77.8 Å². The van der Waals surface area contributed by atoms with Gasteiger partial charge in [-0.25, -0.2) is 8.93 Å². The standard InChI is InChI=1S/C14H18N2OS.C10H7NO/c1-14(2,3)18(17)16-13-8-7-11-10(9-15)5-4-6-12(11)13;11-6-7-2-1-3-9-8(7)4-5-10(9)12/h4-6,13,16H,7-8H2,1-3H3;1-3H,4-5H2/t13?,18-;/m1./s1. The van der Waals surface area contributed by atoms with E-state index in [0.29, 0.717) is 12.0 Å². The van der Waals surface area contributed by atoms with Crippen LogP contribution in [0.3, 0.4) is 0 Å². The average molecular weight is 420 g/mol. The molecule has 0 amide bonds. The van der Waals surface area contributed by atoms with Crippen molar-refractivity contribution in [3.8, 4) is 12.1 Å². The van der Waals surface area contributed by atoms with Crippen LogP contribution in [-0.4, -0.2) is 14.7 Å². The van der Waals surface area contributed by atoms with Gasteiger partial charge in [0.15, 0.2) is 5.78 Å². The van der Waals surface area contributed by atoms with Gasteiger partial charge in [-0.3, -0.25) is 4.79 Å². The third-order valence-electron chi connectivity index (χ3n) is 5.40. The summed E-state index contributed by atoms with van der Waals surface area (Å²) in [5, 5.41) is 17.8. The highest BCUT2D eigenvalue weighted by atomic mass is 32.2. The van der Waals surface area contributed by atoms with Gasteiger partial charge in [-0.1, -0.05) is 24.3 Å². The minimum Gasteiger partial charge on any atom is -0.294 e. The van der Waals surface area contributed by atoms with Crippen LogP contribution < -0.4 is 4.72 Å². The van der Waals surface area contributed by atoms with Crippen molar-refractivity contribution in [2.45, 2.75) is 57.2 Å². The zero-order chi connectivity index (χ0) is 21.9. The van der Waals surface area contributed by atoms with E-state index >= 15 is 0 Å². The van der Waals surface area contributed by atoms with Gasteiger partial charge < -0.3 is 0 Å². The van der Waals surface area contributed by atoms with Crippen molar-refractivity contribution < 1.29 is 9.00 Å². The molecule has 0 aliphatic heterocycles. The van der Waals surface area contributed by atoms with Crippen LogP contribution in [0.25, 0.3) is 0 Å². The van der Waals surface area contributed by atoms with Gasteiger partial charge in [-0.05, 0) is 68.9 Å². The first-order valence-corrected chi connectivity index (χ1v) is 11.2. The number of carbonyl (C=O) groups is 1. The number of ketones is 1. The van der Waals surface area contributed by atoms with Gasteiger partial charge in [-0.2, -0.15) is 10.5 Å². The van der Waals surface area contributed by atoms with Crippen LogP contribution in [0.15, 0.2) is 36.4 Å². The molecule has 2 aromatic carbocycles. The molecule has 6 heteroatoms. The number of Topliss-reactive ketones (excluding diaryl/α,β-unsaturated/α-hetero) is 1. The minimum atomic E-state index is -1.08. The van der Waals surface area contributed by atoms with Crippen LogP contribution in [0.4, 0.5) is 0 Å². The molecule has 5 nitrogen and oxygen atoms in total. The summed E-state index contributed by atoms with van der Waals surface area (Å²) in [4.78, 5) is 11.2. The van der Waals surface area contributed by atoms with Crippen molar-refractivity contribution in [2.75, 3.05) is 0 Å². The lowest BCUT2D eigenvalue weighted by Gasteiger charge is -2.22. The molecule has 0 bridgehead atoms. The van der Waals surface area contributed by atoms with Crippen molar-refractivity contribution in [1.29, 1.82) is 10.5 Å². The Bertz CT molecular complexity index is 1090. The number of fused-ring (bicyclic) bond motifs is 2. The predicted octanol–water partition coefficient (Wildman–Crippen LogP) is 4.28. The largest absolute Gasteiger partial charge is 0.294 e. The molecule has 0 heterocycles. The second-order valence-electron chi connectivity index (χ2n) is 8.44. The number of nitrogens with one attached hydrogen (secondary N) is 1. The number of nitriles is 2. The summed E-state index contributed by atoms with van der Waals surface area (Å²) in [6.45, 7) is 5.87. The van der Waals surface area contributed by atoms with E-state index in [1.54, 1.807) is 18.2 Å². The SMILES string of the molecule is CC(C)(C)[S@@](=O)NC1CCc2c(C#N)cccc21.N#Cc1cccc2c1CCC2=O. The first-order valence-electron chi connectivity index (χ1n) is 10.0. The summed E-state index contributed by atoms with van der Waals surface area (Å²) in [6, 6.07) is 15.5. The molecule has 0 fully saturated rings. The summed E-state index contributed by atoms with van der Waals surface area (Å²) in [5.74, 6) is 0.169. The van der Waals surface area contributed by atoms with Gasteiger partial charge in [0.1, 0.15) is 0 Å². The number of nitrogens with zero attached hydrogens (tertiary/aromatic N) is 2. The zero-order valence-corrected chi connectivity index (χ0v) is 18.3. The topological polar surface area (TPSA) is 93.8 Å². The Morgan fingerprint density at radius 2 is 1.60 bits per heavy atom. The Kier molecular flexibility index (Phi) is 6.51. The summed E-state index contributed by atoms with van der Waals surface area (Å²) in [7, 11) is -1.08. The van der Waals surface area contributed by atoms with Crippen molar-refractivity contribution in [2.24, 2.45) is 0 Å². The number of hydrogen-bond acceptors (Lipinski definition) is 4. The highest BCUT2D eigenvalue weighted by Crippen LogP contribution is 2.34. The van der Waals surface area contributed by atoms with E-state index in [4.69, 9.17) is 10.5 Å². The monoisotopic (exact) mass is 419 g/mol. The van der Waals surface area contributed by atoms with E-state index in [0.717, 1.165) is 47.1 Å². The maximum absolute atomic E-state index is 12.1. The smallest absolute Gasteiger partial charge is 0.163 e. The van der Waals surface area contributed by atoms with Crippen LogP contribution in [-0.2, 0) is 23.8 Å². The number of hydrogen-bond donors (Lipinski definition) is 1. The lowest BCUT2D eigenvalue weighted by atomic mass is 10.0. The lowest BCUT2D eigenvalue weighted by Crippen LogP contribution is -2.35. The van der Waals surface area contributed by atoms with Crippen molar-refractivity contribution in [3.63, 3.8) is 0 Å². The summed E-state index contributed by atoms with van der Waals surface area (Å²) >= 11 is 0. The second-order valence-corrected chi connectivity index (χ2v) is 10.4. The number of carbonyl (C=O) groups excluding carboxylic acids is 1. The molecule has 4 rings (SSSR count). The van der Waals surface area contributed by atoms with Crippen LogP contribution in [0, 0.1) is 22.7 Å². The normalized spacial score (nSPS) is 17.8. The molecular formula is C24H25N3O2S. The van der Waals surface area contributed by atoms with Gasteiger partial charge in [-0.15, -0.1) is 0 Å². The highest BCUT2D eigenvalue weighted by molar-refractivity contribution is 7.84. The van der Waals surface area contributed by atoms with E-state index in [-0.39, 0.29) is 16.6 Å². The number of benzene rings is 2. The third-order valence-corrected chi connectivity index (χ3v) is 7.01. The van der Waals surface area contributed by atoms with E-state index in [2.05, 4.69) is 16.9 Å². The highest BCUT2D eigenvalue weighted by Gasteiger charge is 2.29. The van der Waals surface area contributed by atoms with E-state index in [9.17, 15) is 9.00 Å². The maximum Gasteiger partial charge on any atom is 0.163 e. The van der Waals surface area contributed by atoms with Gasteiger partial charge >= 0.3 is 0 Å². The Balaban J connectivity index is 0.000000184. The molecule has 1 unspecified atom stereocenters. The third kappa shape index (κ3) is 4.51. The molecule has 0 saturated heterocycles. The summed E-state index contributed by atoms with van der Waals surface area (Å²) in [6.07, 6.45) is 3.10. The van der Waals surface area contributed by atoms with E-state index < -0.39 is 11.0 Å². The zero-order valence-electron chi connectivity index (χ0n) is 17.5. The predicted molar refractivity (Wildman–Crippen MR) is 117 cm³/mol. The van der Waals surface area contributed by atoms with Crippen molar-refractivity contribution in [1.82, 2.24) is 4.72 Å².